The van der Waals surface area contributed by atoms with Crippen LogP contribution in [0.25, 0.3) is 10.8 Å². The van der Waals surface area contributed by atoms with E-state index < -0.39 is 0 Å². The summed E-state index contributed by atoms with van der Waals surface area (Å²) in [5.74, 6) is 0. The van der Waals surface area contributed by atoms with Crippen LogP contribution in [-0.4, -0.2) is 55.7 Å². The minimum atomic E-state index is 0.321. The van der Waals surface area contributed by atoms with Crippen molar-refractivity contribution in [3.8, 4) is 0 Å². The molecule has 1 saturated heterocycles. The molecule has 0 spiro atoms. The SMILES string of the molecule is c1ccc(C(c2ccccc2)N2CCN(CCOCCc3cccc4ccccc34)CC2)cc1. The van der Waals surface area contributed by atoms with E-state index in [1.54, 1.807) is 0 Å². The van der Waals surface area contributed by atoms with E-state index in [1.165, 1.54) is 27.5 Å². The Kier molecular flexibility index (Phi) is 7.67. The van der Waals surface area contributed by atoms with Crippen LogP contribution >= 0.6 is 0 Å². The summed E-state index contributed by atoms with van der Waals surface area (Å²) in [5.41, 5.74) is 4.12. The first-order chi connectivity index (χ1) is 16.9. The molecule has 0 amide bonds. The predicted octanol–water partition coefficient (Wildman–Crippen LogP) is 5.81. The van der Waals surface area contributed by atoms with Crippen LogP contribution < -0.4 is 0 Å². The van der Waals surface area contributed by atoms with E-state index in [0.717, 1.165) is 52.4 Å². The van der Waals surface area contributed by atoms with Gasteiger partial charge in [-0.15, -0.1) is 0 Å². The molecule has 0 aliphatic carbocycles. The Morgan fingerprint density at radius 2 is 1.24 bits per heavy atom. The van der Waals surface area contributed by atoms with Gasteiger partial charge in [0.25, 0.3) is 0 Å². The average Bonchev–Trinajstić information content (AvgIpc) is 2.91. The standard InChI is InChI=1S/C31H34N2O/c1-3-11-28(12-4-1)31(29-13-5-2-6-14-29)33-21-19-32(20-22-33)23-25-34-24-18-27-16-9-15-26-10-7-8-17-30(26)27/h1-17,31H,18-25H2. The highest BCUT2D eigenvalue weighted by Crippen LogP contribution is 2.29. The number of hydrogen-bond donors (Lipinski definition) is 0. The highest BCUT2D eigenvalue weighted by molar-refractivity contribution is 5.85. The zero-order valence-corrected chi connectivity index (χ0v) is 19.9. The number of rotatable bonds is 9. The summed E-state index contributed by atoms with van der Waals surface area (Å²) in [4.78, 5) is 5.17. The predicted molar refractivity (Wildman–Crippen MR) is 141 cm³/mol. The largest absolute Gasteiger partial charge is 0.380 e. The smallest absolute Gasteiger partial charge is 0.0602 e. The van der Waals surface area contributed by atoms with Gasteiger partial charge in [0.05, 0.1) is 19.3 Å². The Morgan fingerprint density at radius 1 is 0.618 bits per heavy atom. The molecule has 3 heteroatoms. The second kappa shape index (κ2) is 11.4. The van der Waals surface area contributed by atoms with Crippen LogP contribution in [0.15, 0.2) is 103 Å². The molecule has 1 aliphatic rings. The summed E-state index contributed by atoms with van der Waals surface area (Å²) < 4.78 is 6.05. The van der Waals surface area contributed by atoms with Gasteiger partial charge in [-0.25, -0.2) is 0 Å². The average molecular weight is 451 g/mol. The molecule has 5 rings (SSSR count). The lowest BCUT2D eigenvalue weighted by molar-refractivity contribution is 0.0678. The normalized spacial score (nSPS) is 15.2. The van der Waals surface area contributed by atoms with Gasteiger partial charge in [-0.3, -0.25) is 9.80 Å². The molecular weight excluding hydrogens is 416 g/mol. The number of piperazine rings is 1. The molecule has 1 fully saturated rings. The lowest BCUT2D eigenvalue weighted by atomic mass is 9.96. The Labute approximate surface area is 203 Å². The van der Waals surface area contributed by atoms with Gasteiger partial charge in [-0.05, 0) is 33.9 Å². The zero-order chi connectivity index (χ0) is 23.0. The molecule has 0 atom stereocenters. The van der Waals surface area contributed by atoms with Gasteiger partial charge < -0.3 is 4.74 Å². The second-order valence-electron chi connectivity index (χ2n) is 9.10. The maximum absolute atomic E-state index is 6.05. The third-order valence-electron chi connectivity index (χ3n) is 6.95. The molecule has 3 nitrogen and oxygen atoms in total. The van der Waals surface area contributed by atoms with Crippen molar-refractivity contribution in [2.45, 2.75) is 12.5 Å². The molecule has 4 aromatic carbocycles. The van der Waals surface area contributed by atoms with Crippen LogP contribution in [-0.2, 0) is 11.2 Å². The molecule has 0 aromatic heterocycles. The van der Waals surface area contributed by atoms with Crippen LogP contribution in [0, 0.1) is 0 Å². The minimum Gasteiger partial charge on any atom is -0.380 e. The first-order valence-corrected chi connectivity index (χ1v) is 12.5. The van der Waals surface area contributed by atoms with E-state index in [9.17, 15) is 0 Å². The van der Waals surface area contributed by atoms with Crippen LogP contribution in [0.5, 0.6) is 0 Å². The van der Waals surface area contributed by atoms with Crippen LogP contribution in [0.1, 0.15) is 22.7 Å². The summed E-state index contributed by atoms with van der Waals surface area (Å²) >= 11 is 0. The van der Waals surface area contributed by atoms with E-state index in [-0.39, 0.29) is 0 Å². The Balaban J connectivity index is 1.10. The molecule has 4 aromatic rings. The van der Waals surface area contributed by atoms with Gasteiger partial charge in [-0.2, -0.15) is 0 Å². The molecule has 174 valence electrons. The number of hydrogen-bond acceptors (Lipinski definition) is 3. The first-order valence-electron chi connectivity index (χ1n) is 12.5. The Bertz CT molecular complexity index is 1110. The van der Waals surface area contributed by atoms with E-state index in [2.05, 4.69) is 113 Å². The molecule has 0 radical (unpaired) electrons. The van der Waals surface area contributed by atoms with Crippen molar-refractivity contribution in [1.82, 2.24) is 9.80 Å². The summed E-state index contributed by atoms with van der Waals surface area (Å²) in [6.07, 6.45) is 0.963. The fourth-order valence-electron chi connectivity index (χ4n) is 5.12. The van der Waals surface area contributed by atoms with E-state index >= 15 is 0 Å². The number of ether oxygens (including phenoxy) is 1. The van der Waals surface area contributed by atoms with Crippen molar-refractivity contribution in [1.29, 1.82) is 0 Å². The summed E-state index contributed by atoms with van der Waals surface area (Å²) in [6, 6.07) is 37.3. The van der Waals surface area contributed by atoms with Gasteiger partial charge in [0.15, 0.2) is 0 Å². The molecule has 34 heavy (non-hydrogen) atoms. The third-order valence-corrected chi connectivity index (χ3v) is 6.95. The maximum Gasteiger partial charge on any atom is 0.0602 e. The highest BCUT2D eigenvalue weighted by Gasteiger charge is 2.26. The Hall–Kier alpha value is -2.98. The van der Waals surface area contributed by atoms with Crippen LogP contribution in [0.3, 0.4) is 0 Å². The fraction of sp³-hybridized carbons (Fsp3) is 0.290. The van der Waals surface area contributed by atoms with Gasteiger partial charge in [-0.1, -0.05) is 103 Å². The topological polar surface area (TPSA) is 15.7 Å². The second-order valence-corrected chi connectivity index (χ2v) is 9.10. The number of nitrogens with zero attached hydrogens (tertiary/aromatic N) is 2. The van der Waals surface area contributed by atoms with E-state index in [4.69, 9.17) is 4.74 Å². The van der Waals surface area contributed by atoms with Gasteiger partial charge >= 0.3 is 0 Å². The first kappa shape index (κ1) is 22.8. The molecule has 0 unspecified atom stereocenters. The lowest BCUT2D eigenvalue weighted by Gasteiger charge is -2.39. The Morgan fingerprint density at radius 3 is 1.94 bits per heavy atom. The lowest BCUT2D eigenvalue weighted by Crippen LogP contribution is -2.48. The molecule has 0 saturated carbocycles. The van der Waals surface area contributed by atoms with Gasteiger partial charge in [0.2, 0.25) is 0 Å². The number of benzene rings is 4. The van der Waals surface area contributed by atoms with Crippen molar-refractivity contribution >= 4 is 10.8 Å². The van der Waals surface area contributed by atoms with E-state index in [1.807, 2.05) is 0 Å². The van der Waals surface area contributed by atoms with Gasteiger partial charge in [0, 0.05) is 32.7 Å². The van der Waals surface area contributed by atoms with Crippen molar-refractivity contribution in [2.75, 3.05) is 45.9 Å². The maximum atomic E-state index is 6.05. The summed E-state index contributed by atoms with van der Waals surface area (Å²) in [5, 5.41) is 2.65. The number of fused-ring (bicyclic) bond motifs is 1. The summed E-state index contributed by atoms with van der Waals surface area (Å²) in [7, 11) is 0. The zero-order valence-electron chi connectivity index (χ0n) is 19.9. The monoisotopic (exact) mass is 450 g/mol. The molecule has 1 heterocycles. The molecule has 1 aliphatic heterocycles. The minimum absolute atomic E-state index is 0.321. The highest BCUT2D eigenvalue weighted by atomic mass is 16.5. The van der Waals surface area contributed by atoms with Crippen molar-refractivity contribution < 1.29 is 4.74 Å². The van der Waals surface area contributed by atoms with E-state index in [0.29, 0.717) is 6.04 Å². The van der Waals surface area contributed by atoms with Gasteiger partial charge in [0.1, 0.15) is 0 Å². The third kappa shape index (κ3) is 5.56. The van der Waals surface area contributed by atoms with Crippen LogP contribution in [0.2, 0.25) is 0 Å². The summed E-state index contributed by atoms with van der Waals surface area (Å²) in [6.45, 7) is 6.90. The molecular formula is C31H34N2O. The molecule has 0 N–H and O–H groups in total. The fourth-order valence-corrected chi connectivity index (χ4v) is 5.12. The van der Waals surface area contributed by atoms with Crippen LogP contribution in [0.4, 0.5) is 0 Å². The van der Waals surface area contributed by atoms with Crippen molar-refractivity contribution in [3.63, 3.8) is 0 Å². The van der Waals surface area contributed by atoms with Crippen molar-refractivity contribution in [3.05, 3.63) is 120 Å². The quantitative estimate of drug-likeness (QED) is 0.300. The molecule has 0 bridgehead atoms. The van der Waals surface area contributed by atoms with Crippen molar-refractivity contribution in [2.24, 2.45) is 0 Å².